The molecule has 2 rings (SSSR count). The number of benzene rings is 1. The van der Waals surface area contributed by atoms with Gasteiger partial charge < -0.3 is 9.72 Å². The van der Waals surface area contributed by atoms with Gasteiger partial charge in [-0.15, -0.1) is 11.8 Å². The molecule has 0 aliphatic carbocycles. The number of aromatic nitrogens is 1. The number of aryl methyl sites for hydroxylation is 2. The van der Waals surface area contributed by atoms with Crippen molar-refractivity contribution in [3.8, 4) is 0 Å². The van der Waals surface area contributed by atoms with Crippen molar-refractivity contribution in [1.82, 2.24) is 4.98 Å². The number of thioether (sulfide) groups is 1. The molecule has 1 aromatic heterocycles. The van der Waals surface area contributed by atoms with Crippen LogP contribution >= 0.6 is 11.8 Å². The second kappa shape index (κ2) is 7.31. The molecule has 0 radical (unpaired) electrons. The number of ether oxygens (including phenoxy) is 1. The van der Waals surface area contributed by atoms with Crippen molar-refractivity contribution in [3.63, 3.8) is 0 Å². The van der Waals surface area contributed by atoms with E-state index < -0.39 is 16.0 Å². The lowest BCUT2D eigenvalue weighted by atomic mass is 10.2. The van der Waals surface area contributed by atoms with Gasteiger partial charge in [0.2, 0.25) is 0 Å². The van der Waals surface area contributed by atoms with Crippen LogP contribution in [-0.2, 0) is 14.8 Å². The number of rotatable bonds is 6. The lowest BCUT2D eigenvalue weighted by Gasteiger charge is -2.11. The lowest BCUT2D eigenvalue weighted by molar-refractivity contribution is 0.0521. The Morgan fingerprint density at radius 2 is 2.00 bits per heavy atom. The number of hydrogen-bond donors (Lipinski definition) is 2. The van der Waals surface area contributed by atoms with E-state index >= 15 is 0 Å². The Balaban J connectivity index is 2.47. The zero-order valence-corrected chi connectivity index (χ0v) is 15.6. The first-order valence-corrected chi connectivity index (χ1v) is 10.0. The van der Waals surface area contributed by atoms with Crippen molar-refractivity contribution < 1.29 is 17.9 Å². The molecule has 0 amide bonds. The number of aromatic amines is 1. The summed E-state index contributed by atoms with van der Waals surface area (Å²) in [5.41, 5.74) is 1.34. The van der Waals surface area contributed by atoms with Gasteiger partial charge in [0.1, 0.15) is 10.5 Å². The lowest BCUT2D eigenvalue weighted by Crippen LogP contribution is -2.18. The number of esters is 1. The second-order valence-corrected chi connectivity index (χ2v) is 7.64. The molecule has 1 aromatic carbocycles. The molecule has 0 bridgehead atoms. The SMILES string of the molecule is CCOC(=O)c1c(C)[nH]c(C)c1S(=O)(=O)Nc1cccc(SC)c1. The van der Waals surface area contributed by atoms with Crippen LogP contribution in [0.3, 0.4) is 0 Å². The second-order valence-electron chi connectivity index (χ2n) is 5.14. The first-order chi connectivity index (χ1) is 11.3. The summed E-state index contributed by atoms with van der Waals surface area (Å²) < 4.78 is 33.2. The largest absolute Gasteiger partial charge is 0.462 e. The maximum absolute atomic E-state index is 12.8. The molecule has 1 heterocycles. The molecule has 0 aliphatic rings. The van der Waals surface area contributed by atoms with Crippen LogP contribution in [0.1, 0.15) is 28.7 Å². The molecule has 0 atom stereocenters. The van der Waals surface area contributed by atoms with Crippen LogP contribution in [0.2, 0.25) is 0 Å². The van der Waals surface area contributed by atoms with Gasteiger partial charge >= 0.3 is 5.97 Å². The van der Waals surface area contributed by atoms with Crippen LogP contribution in [0, 0.1) is 13.8 Å². The Bertz CT molecular complexity index is 857. The van der Waals surface area contributed by atoms with E-state index in [0.29, 0.717) is 17.1 Å². The minimum Gasteiger partial charge on any atom is -0.462 e. The van der Waals surface area contributed by atoms with Crippen LogP contribution in [0.5, 0.6) is 0 Å². The average Bonchev–Trinajstić information content (AvgIpc) is 2.82. The highest BCUT2D eigenvalue weighted by atomic mass is 32.2. The third-order valence-electron chi connectivity index (χ3n) is 3.39. The molecule has 0 spiro atoms. The van der Waals surface area contributed by atoms with Crippen molar-refractivity contribution in [2.45, 2.75) is 30.6 Å². The summed E-state index contributed by atoms with van der Waals surface area (Å²) in [4.78, 5) is 15.9. The highest BCUT2D eigenvalue weighted by molar-refractivity contribution is 7.98. The molecule has 0 unspecified atom stereocenters. The number of carbonyl (C=O) groups excluding carboxylic acids is 1. The van der Waals surface area contributed by atoms with E-state index in [2.05, 4.69) is 9.71 Å². The minimum absolute atomic E-state index is 0.0443. The molecular formula is C16H20N2O4S2. The molecule has 0 fully saturated rings. The Morgan fingerprint density at radius 1 is 1.29 bits per heavy atom. The van der Waals surface area contributed by atoms with Crippen molar-refractivity contribution in [2.75, 3.05) is 17.6 Å². The molecule has 6 nitrogen and oxygen atoms in total. The summed E-state index contributed by atoms with van der Waals surface area (Å²) in [6.07, 6.45) is 1.91. The van der Waals surface area contributed by atoms with Gasteiger partial charge in [-0.05, 0) is 45.2 Å². The maximum atomic E-state index is 12.8. The molecule has 130 valence electrons. The molecule has 8 heteroatoms. The van der Waals surface area contributed by atoms with Gasteiger partial charge in [-0.2, -0.15) is 0 Å². The van der Waals surface area contributed by atoms with Crippen molar-refractivity contribution in [3.05, 3.63) is 41.2 Å². The third kappa shape index (κ3) is 3.76. The van der Waals surface area contributed by atoms with Gasteiger partial charge in [-0.1, -0.05) is 6.07 Å². The van der Waals surface area contributed by atoms with Crippen LogP contribution < -0.4 is 4.72 Å². The van der Waals surface area contributed by atoms with E-state index in [-0.39, 0.29) is 17.1 Å². The summed E-state index contributed by atoms with van der Waals surface area (Å²) in [6, 6.07) is 7.06. The third-order valence-corrected chi connectivity index (χ3v) is 5.67. The minimum atomic E-state index is -3.93. The zero-order chi connectivity index (χ0) is 17.9. The quantitative estimate of drug-likeness (QED) is 0.603. The number of anilines is 1. The van der Waals surface area contributed by atoms with Crippen molar-refractivity contribution in [1.29, 1.82) is 0 Å². The monoisotopic (exact) mass is 368 g/mol. The predicted octanol–water partition coefficient (Wildman–Crippen LogP) is 3.33. The number of carbonyl (C=O) groups is 1. The van der Waals surface area contributed by atoms with Gasteiger partial charge in [0, 0.05) is 22.0 Å². The van der Waals surface area contributed by atoms with E-state index in [1.807, 2.05) is 12.3 Å². The van der Waals surface area contributed by atoms with Crippen molar-refractivity contribution in [2.24, 2.45) is 0 Å². The first-order valence-electron chi connectivity index (χ1n) is 7.33. The van der Waals surface area contributed by atoms with E-state index in [0.717, 1.165) is 4.90 Å². The normalized spacial score (nSPS) is 11.3. The molecule has 0 saturated carbocycles. The van der Waals surface area contributed by atoms with Crippen LogP contribution in [0.15, 0.2) is 34.1 Å². The molecular weight excluding hydrogens is 348 g/mol. The smallest absolute Gasteiger partial charge is 0.341 e. The average molecular weight is 368 g/mol. The van der Waals surface area contributed by atoms with Gasteiger partial charge in [-0.3, -0.25) is 4.72 Å². The standard InChI is InChI=1S/C16H20N2O4S2/c1-5-22-16(19)14-10(2)17-11(3)15(14)24(20,21)18-12-7-6-8-13(9-12)23-4/h6-9,17-18H,5H2,1-4H3. The van der Waals surface area contributed by atoms with Crippen LogP contribution in [-0.4, -0.2) is 32.2 Å². The van der Waals surface area contributed by atoms with E-state index in [1.165, 1.54) is 11.8 Å². The molecule has 2 N–H and O–H groups in total. The summed E-state index contributed by atoms with van der Waals surface area (Å²) in [7, 11) is -3.93. The maximum Gasteiger partial charge on any atom is 0.341 e. The zero-order valence-electron chi connectivity index (χ0n) is 14.0. The summed E-state index contributed by atoms with van der Waals surface area (Å²) in [5.74, 6) is -0.655. The fourth-order valence-electron chi connectivity index (χ4n) is 2.44. The number of nitrogens with one attached hydrogen (secondary N) is 2. The molecule has 0 aliphatic heterocycles. The predicted molar refractivity (Wildman–Crippen MR) is 95.3 cm³/mol. The van der Waals surface area contributed by atoms with Crippen LogP contribution in [0.4, 0.5) is 5.69 Å². The van der Waals surface area contributed by atoms with Crippen LogP contribution in [0.25, 0.3) is 0 Å². The highest BCUT2D eigenvalue weighted by Gasteiger charge is 2.30. The number of H-pyrrole nitrogens is 1. The van der Waals surface area contributed by atoms with Gasteiger partial charge in [0.15, 0.2) is 0 Å². The van der Waals surface area contributed by atoms with E-state index in [4.69, 9.17) is 4.74 Å². The Labute approximate surface area is 146 Å². The Kier molecular flexibility index (Phi) is 5.61. The fourth-order valence-corrected chi connectivity index (χ4v) is 4.39. The van der Waals surface area contributed by atoms with E-state index in [1.54, 1.807) is 39.0 Å². The van der Waals surface area contributed by atoms with E-state index in [9.17, 15) is 13.2 Å². The highest BCUT2D eigenvalue weighted by Crippen LogP contribution is 2.27. The first kappa shape index (κ1) is 18.4. The number of hydrogen-bond acceptors (Lipinski definition) is 5. The van der Waals surface area contributed by atoms with Gasteiger partial charge in [0.25, 0.3) is 10.0 Å². The molecule has 24 heavy (non-hydrogen) atoms. The van der Waals surface area contributed by atoms with Crippen molar-refractivity contribution >= 4 is 33.4 Å². The van der Waals surface area contributed by atoms with Gasteiger partial charge in [0.05, 0.1) is 6.61 Å². The molecule has 0 saturated heterocycles. The number of sulfonamides is 1. The summed E-state index contributed by atoms with van der Waals surface area (Å²) in [6.45, 7) is 5.10. The topological polar surface area (TPSA) is 88.3 Å². The molecule has 2 aromatic rings. The summed E-state index contributed by atoms with van der Waals surface area (Å²) >= 11 is 1.51. The van der Waals surface area contributed by atoms with Gasteiger partial charge in [-0.25, -0.2) is 13.2 Å². The Morgan fingerprint density at radius 3 is 2.62 bits per heavy atom. The Hall–Kier alpha value is -1.93. The summed E-state index contributed by atoms with van der Waals surface area (Å²) in [5, 5.41) is 0. The fraction of sp³-hybridized carbons (Fsp3) is 0.312.